The van der Waals surface area contributed by atoms with Crippen LogP contribution >= 0.6 is 0 Å². The second-order valence-electron chi connectivity index (χ2n) is 8.11. The average Bonchev–Trinajstić information content (AvgIpc) is 3.31. The second-order valence-corrected chi connectivity index (χ2v) is 10.0. The van der Waals surface area contributed by atoms with Crippen LogP contribution in [0.15, 0.2) is 53.4 Å². The van der Waals surface area contributed by atoms with Crippen molar-refractivity contribution >= 4 is 38.9 Å². The molecule has 0 radical (unpaired) electrons. The summed E-state index contributed by atoms with van der Waals surface area (Å²) in [4.78, 5) is 26.5. The van der Waals surface area contributed by atoms with Crippen LogP contribution < -0.4 is 15.5 Å². The molecule has 2 saturated heterocycles. The fraction of sp³-hybridized carbons (Fsp3) is 0.391. The Bertz CT molecular complexity index is 1100. The number of anilines is 3. The predicted molar refractivity (Wildman–Crippen MR) is 126 cm³/mol. The van der Waals surface area contributed by atoms with Gasteiger partial charge in [0.25, 0.3) is 0 Å². The van der Waals surface area contributed by atoms with Gasteiger partial charge >= 0.3 is 0 Å². The Labute approximate surface area is 193 Å². The molecule has 2 N–H and O–H groups in total. The van der Waals surface area contributed by atoms with Crippen LogP contribution in [0.1, 0.15) is 19.8 Å². The van der Waals surface area contributed by atoms with Gasteiger partial charge in [0, 0.05) is 43.6 Å². The van der Waals surface area contributed by atoms with E-state index in [9.17, 15) is 18.0 Å². The first-order valence-corrected chi connectivity index (χ1v) is 12.4. The number of carbonyl (C=O) groups is 2. The van der Waals surface area contributed by atoms with Crippen LogP contribution in [0.3, 0.4) is 0 Å². The van der Waals surface area contributed by atoms with Crippen LogP contribution in [0, 0.1) is 0 Å². The molecular weight excluding hydrogens is 444 g/mol. The Balaban J connectivity index is 1.43. The van der Waals surface area contributed by atoms with E-state index >= 15 is 0 Å². The SMILES string of the molecule is CC(=O)Nc1ccc(S(=O)(=O)N2CCC[C@@H]2C(=O)Nc2ccc(N3CCOCC3)cc2)cc1. The van der Waals surface area contributed by atoms with Gasteiger partial charge in [-0.05, 0) is 61.4 Å². The molecule has 9 nitrogen and oxygen atoms in total. The van der Waals surface area contributed by atoms with Gasteiger partial charge < -0.3 is 20.3 Å². The van der Waals surface area contributed by atoms with Gasteiger partial charge in [-0.2, -0.15) is 4.31 Å². The summed E-state index contributed by atoms with van der Waals surface area (Å²) in [5, 5.41) is 5.47. The smallest absolute Gasteiger partial charge is 0.243 e. The quantitative estimate of drug-likeness (QED) is 0.668. The molecule has 0 aromatic heterocycles. The maximum absolute atomic E-state index is 13.2. The van der Waals surface area contributed by atoms with E-state index in [1.807, 2.05) is 24.3 Å². The molecule has 10 heteroatoms. The van der Waals surface area contributed by atoms with E-state index in [1.165, 1.54) is 35.5 Å². The molecular formula is C23H28N4O5S. The number of ether oxygens (including phenoxy) is 1. The molecule has 2 aromatic carbocycles. The van der Waals surface area contributed by atoms with Gasteiger partial charge in [0.1, 0.15) is 6.04 Å². The molecule has 33 heavy (non-hydrogen) atoms. The molecule has 0 aliphatic carbocycles. The highest BCUT2D eigenvalue weighted by molar-refractivity contribution is 7.89. The summed E-state index contributed by atoms with van der Waals surface area (Å²) in [5.41, 5.74) is 2.20. The molecule has 2 aliphatic heterocycles. The Kier molecular flexibility index (Phi) is 6.96. The summed E-state index contributed by atoms with van der Waals surface area (Å²) in [7, 11) is -3.85. The van der Waals surface area contributed by atoms with Crippen LogP contribution in [0.5, 0.6) is 0 Å². The third-order valence-corrected chi connectivity index (χ3v) is 7.72. The van der Waals surface area contributed by atoms with Crippen molar-refractivity contribution in [3.05, 3.63) is 48.5 Å². The molecule has 2 amide bonds. The fourth-order valence-corrected chi connectivity index (χ4v) is 5.80. The molecule has 176 valence electrons. The average molecular weight is 473 g/mol. The van der Waals surface area contributed by atoms with Crippen molar-refractivity contribution in [2.45, 2.75) is 30.7 Å². The molecule has 4 rings (SSSR count). The minimum Gasteiger partial charge on any atom is -0.378 e. The Morgan fingerprint density at radius 1 is 0.909 bits per heavy atom. The lowest BCUT2D eigenvalue weighted by Crippen LogP contribution is -2.43. The lowest BCUT2D eigenvalue weighted by atomic mass is 10.2. The monoisotopic (exact) mass is 472 g/mol. The molecule has 2 heterocycles. The van der Waals surface area contributed by atoms with E-state index in [0.717, 1.165) is 18.8 Å². The first-order chi connectivity index (χ1) is 15.8. The molecule has 2 aliphatic rings. The number of amides is 2. The van der Waals surface area contributed by atoms with Crippen molar-refractivity contribution in [2.24, 2.45) is 0 Å². The zero-order valence-electron chi connectivity index (χ0n) is 18.5. The van der Waals surface area contributed by atoms with E-state index in [4.69, 9.17) is 4.74 Å². The minimum absolute atomic E-state index is 0.0890. The maximum Gasteiger partial charge on any atom is 0.243 e. The van der Waals surface area contributed by atoms with Crippen molar-refractivity contribution in [3.63, 3.8) is 0 Å². The van der Waals surface area contributed by atoms with Crippen LogP contribution in [0.4, 0.5) is 17.1 Å². The highest BCUT2D eigenvalue weighted by Crippen LogP contribution is 2.28. The lowest BCUT2D eigenvalue weighted by Gasteiger charge is -2.29. The van der Waals surface area contributed by atoms with Gasteiger partial charge in [-0.25, -0.2) is 8.42 Å². The normalized spacial score (nSPS) is 19.3. The molecule has 2 fully saturated rings. The van der Waals surface area contributed by atoms with Crippen LogP contribution in [-0.2, 0) is 24.3 Å². The second kappa shape index (κ2) is 9.90. The third-order valence-electron chi connectivity index (χ3n) is 5.80. The molecule has 1 atom stereocenters. The summed E-state index contributed by atoms with van der Waals surface area (Å²) in [6.07, 6.45) is 1.07. The number of sulfonamides is 1. The number of hydrogen-bond donors (Lipinski definition) is 2. The van der Waals surface area contributed by atoms with Gasteiger partial charge in [-0.15, -0.1) is 0 Å². The zero-order valence-corrected chi connectivity index (χ0v) is 19.3. The van der Waals surface area contributed by atoms with Gasteiger partial charge in [-0.1, -0.05) is 0 Å². The highest BCUT2D eigenvalue weighted by Gasteiger charge is 2.39. The molecule has 0 saturated carbocycles. The summed E-state index contributed by atoms with van der Waals surface area (Å²) in [5.74, 6) is -0.579. The summed E-state index contributed by atoms with van der Waals surface area (Å²) in [6, 6.07) is 12.7. The van der Waals surface area contributed by atoms with E-state index < -0.39 is 16.1 Å². The number of nitrogens with zero attached hydrogens (tertiary/aromatic N) is 2. The van der Waals surface area contributed by atoms with Gasteiger partial charge in [0.15, 0.2) is 0 Å². The van der Waals surface area contributed by atoms with E-state index in [0.29, 0.717) is 37.4 Å². The fourth-order valence-electron chi connectivity index (χ4n) is 4.14. The maximum atomic E-state index is 13.2. The Hall–Kier alpha value is -2.95. The van der Waals surface area contributed by atoms with E-state index in [1.54, 1.807) is 0 Å². The number of nitrogens with one attached hydrogen (secondary N) is 2. The van der Waals surface area contributed by atoms with E-state index in [2.05, 4.69) is 15.5 Å². The predicted octanol–water partition coefficient (Wildman–Crippen LogP) is 2.27. The number of rotatable bonds is 6. The molecule has 0 unspecified atom stereocenters. The van der Waals surface area contributed by atoms with Crippen molar-refractivity contribution < 1.29 is 22.7 Å². The van der Waals surface area contributed by atoms with Crippen molar-refractivity contribution in [3.8, 4) is 0 Å². The van der Waals surface area contributed by atoms with Gasteiger partial charge in [0.05, 0.1) is 18.1 Å². The first kappa shape index (κ1) is 23.2. The van der Waals surface area contributed by atoms with E-state index in [-0.39, 0.29) is 23.3 Å². The summed E-state index contributed by atoms with van der Waals surface area (Å²) >= 11 is 0. The van der Waals surface area contributed by atoms with Crippen molar-refractivity contribution in [1.82, 2.24) is 4.31 Å². The summed E-state index contributed by atoms with van der Waals surface area (Å²) in [6.45, 7) is 4.71. The van der Waals surface area contributed by atoms with Crippen molar-refractivity contribution in [2.75, 3.05) is 48.4 Å². The highest BCUT2D eigenvalue weighted by atomic mass is 32.2. The third kappa shape index (κ3) is 5.35. The van der Waals surface area contributed by atoms with Crippen LogP contribution in [0.25, 0.3) is 0 Å². The van der Waals surface area contributed by atoms with Crippen LogP contribution in [-0.4, -0.2) is 63.4 Å². The Morgan fingerprint density at radius 3 is 2.15 bits per heavy atom. The van der Waals surface area contributed by atoms with Gasteiger partial charge in [-0.3, -0.25) is 9.59 Å². The standard InChI is InChI=1S/C23H28N4O5S/c1-17(28)24-18-6-10-21(11-7-18)33(30,31)27-12-2-3-22(27)23(29)25-19-4-8-20(9-5-19)26-13-15-32-16-14-26/h4-11,22H,2-3,12-16H2,1H3,(H,24,28)(H,25,29)/t22-/m1/s1. The molecule has 0 bridgehead atoms. The number of carbonyl (C=O) groups excluding carboxylic acids is 2. The molecule has 0 spiro atoms. The Morgan fingerprint density at radius 2 is 1.52 bits per heavy atom. The lowest BCUT2D eigenvalue weighted by molar-refractivity contribution is -0.119. The largest absolute Gasteiger partial charge is 0.378 e. The number of benzene rings is 2. The topological polar surface area (TPSA) is 108 Å². The van der Waals surface area contributed by atoms with Gasteiger partial charge in [0.2, 0.25) is 21.8 Å². The zero-order chi connectivity index (χ0) is 23.4. The molecule has 2 aromatic rings. The number of hydrogen-bond acceptors (Lipinski definition) is 6. The number of morpholine rings is 1. The van der Waals surface area contributed by atoms with Crippen LogP contribution in [0.2, 0.25) is 0 Å². The summed E-state index contributed by atoms with van der Waals surface area (Å²) < 4.78 is 33.0. The minimum atomic E-state index is -3.85. The van der Waals surface area contributed by atoms with Crippen molar-refractivity contribution in [1.29, 1.82) is 0 Å². The first-order valence-electron chi connectivity index (χ1n) is 11.0.